The van der Waals surface area contributed by atoms with Crippen LogP contribution in [0.2, 0.25) is 0 Å². The second-order valence-corrected chi connectivity index (χ2v) is 4.12. The highest BCUT2D eigenvalue weighted by Gasteiger charge is 2.12. The molecule has 0 fully saturated rings. The fraction of sp³-hybridized carbons (Fsp3) is 0.0667. The van der Waals surface area contributed by atoms with Crippen molar-refractivity contribution in [1.82, 2.24) is 5.32 Å². The Morgan fingerprint density at radius 3 is 2.50 bits per heavy atom. The fourth-order valence-electron chi connectivity index (χ4n) is 1.65. The van der Waals surface area contributed by atoms with Crippen LogP contribution < -0.4 is 5.32 Å². The van der Waals surface area contributed by atoms with Gasteiger partial charge in [0.25, 0.3) is 5.91 Å². The summed E-state index contributed by atoms with van der Waals surface area (Å²) in [6.07, 6.45) is 0. The zero-order valence-electron chi connectivity index (χ0n) is 10.4. The van der Waals surface area contributed by atoms with Crippen LogP contribution in [0.15, 0.2) is 42.5 Å². The second kappa shape index (κ2) is 5.93. The Morgan fingerprint density at radius 2 is 1.85 bits per heavy atom. The van der Waals surface area contributed by atoms with E-state index in [1.807, 2.05) is 6.07 Å². The van der Waals surface area contributed by atoms with Crippen molar-refractivity contribution in [2.75, 3.05) is 0 Å². The lowest BCUT2D eigenvalue weighted by Gasteiger charge is -2.06. The van der Waals surface area contributed by atoms with Gasteiger partial charge in [-0.05, 0) is 35.9 Å². The van der Waals surface area contributed by atoms with E-state index in [9.17, 15) is 13.6 Å². The summed E-state index contributed by atoms with van der Waals surface area (Å²) in [4.78, 5) is 11.8. The Hall–Kier alpha value is -2.74. The third kappa shape index (κ3) is 3.18. The number of halogens is 2. The van der Waals surface area contributed by atoms with E-state index in [1.165, 1.54) is 36.4 Å². The summed E-state index contributed by atoms with van der Waals surface area (Å²) < 4.78 is 26.2. The minimum absolute atomic E-state index is 0.148. The number of benzene rings is 2. The van der Waals surface area contributed by atoms with Gasteiger partial charge in [-0.3, -0.25) is 4.79 Å². The number of rotatable bonds is 3. The Labute approximate surface area is 114 Å². The maximum Gasteiger partial charge on any atom is 0.254 e. The lowest BCUT2D eigenvalue weighted by molar-refractivity contribution is 0.0947. The Morgan fingerprint density at radius 1 is 1.15 bits per heavy atom. The smallest absolute Gasteiger partial charge is 0.254 e. The number of nitrogens with zero attached hydrogens (tertiary/aromatic N) is 1. The summed E-state index contributed by atoms with van der Waals surface area (Å²) in [5.41, 5.74) is 0.709. The molecule has 0 aromatic heterocycles. The van der Waals surface area contributed by atoms with Crippen LogP contribution in [0, 0.1) is 23.0 Å². The molecule has 5 heteroatoms. The van der Waals surface area contributed by atoms with E-state index in [-0.39, 0.29) is 23.5 Å². The summed E-state index contributed by atoms with van der Waals surface area (Å²) in [6, 6.07) is 11.0. The molecule has 2 aromatic carbocycles. The average Bonchev–Trinajstić information content (AvgIpc) is 2.47. The molecular weight excluding hydrogens is 262 g/mol. The largest absolute Gasteiger partial charge is 0.348 e. The van der Waals surface area contributed by atoms with Gasteiger partial charge in [-0.2, -0.15) is 5.26 Å². The third-order valence-electron chi connectivity index (χ3n) is 2.71. The molecule has 3 nitrogen and oxygen atoms in total. The summed E-state index contributed by atoms with van der Waals surface area (Å²) in [7, 11) is 0. The second-order valence-electron chi connectivity index (χ2n) is 4.12. The van der Waals surface area contributed by atoms with Gasteiger partial charge in [-0.25, -0.2) is 8.78 Å². The maximum absolute atomic E-state index is 13.5. The zero-order chi connectivity index (χ0) is 14.5. The van der Waals surface area contributed by atoms with Crippen molar-refractivity contribution in [3.8, 4) is 6.07 Å². The summed E-state index contributed by atoms with van der Waals surface area (Å²) >= 11 is 0. The van der Waals surface area contributed by atoms with E-state index < -0.39 is 11.7 Å². The van der Waals surface area contributed by atoms with Gasteiger partial charge < -0.3 is 5.32 Å². The van der Waals surface area contributed by atoms with Crippen LogP contribution >= 0.6 is 0 Å². The van der Waals surface area contributed by atoms with E-state index in [0.29, 0.717) is 5.56 Å². The van der Waals surface area contributed by atoms with E-state index in [0.717, 1.165) is 6.07 Å². The normalized spacial score (nSPS) is 9.85. The Kier molecular flexibility index (Phi) is 4.06. The minimum Gasteiger partial charge on any atom is -0.348 e. The topological polar surface area (TPSA) is 52.9 Å². The number of hydrogen-bond donors (Lipinski definition) is 1. The van der Waals surface area contributed by atoms with Gasteiger partial charge in [0.1, 0.15) is 11.6 Å². The number of nitriles is 1. The van der Waals surface area contributed by atoms with E-state index in [1.54, 1.807) is 0 Å². The molecule has 0 spiro atoms. The highest BCUT2D eigenvalue weighted by molar-refractivity contribution is 5.94. The molecule has 2 aromatic rings. The minimum atomic E-state index is -0.694. The molecule has 0 radical (unpaired) electrons. The van der Waals surface area contributed by atoms with E-state index in [4.69, 9.17) is 5.26 Å². The first-order valence-electron chi connectivity index (χ1n) is 5.82. The molecule has 0 saturated heterocycles. The van der Waals surface area contributed by atoms with Crippen molar-refractivity contribution < 1.29 is 13.6 Å². The molecule has 0 heterocycles. The number of amides is 1. The van der Waals surface area contributed by atoms with Crippen molar-refractivity contribution in [3.05, 3.63) is 70.8 Å². The van der Waals surface area contributed by atoms with Crippen molar-refractivity contribution in [2.24, 2.45) is 0 Å². The molecule has 20 heavy (non-hydrogen) atoms. The SMILES string of the molecule is N#Cc1ccc(F)c(C(=O)NCc2ccc(F)cc2)c1. The summed E-state index contributed by atoms with van der Waals surface area (Å²) in [5.74, 6) is -1.68. The van der Waals surface area contributed by atoms with Crippen LogP contribution in [0.4, 0.5) is 8.78 Å². The van der Waals surface area contributed by atoms with Crippen LogP contribution in [0.1, 0.15) is 21.5 Å². The molecule has 0 aliphatic carbocycles. The predicted molar refractivity (Wildman–Crippen MR) is 68.7 cm³/mol. The molecule has 0 atom stereocenters. The molecule has 0 aliphatic rings. The number of nitrogens with one attached hydrogen (secondary N) is 1. The van der Waals surface area contributed by atoms with Gasteiger partial charge in [0.15, 0.2) is 0 Å². The average molecular weight is 272 g/mol. The fourth-order valence-corrected chi connectivity index (χ4v) is 1.65. The molecule has 0 unspecified atom stereocenters. The molecular formula is C15H10F2N2O. The first kappa shape index (κ1) is 13.7. The maximum atomic E-state index is 13.5. The Balaban J connectivity index is 2.09. The summed E-state index contributed by atoms with van der Waals surface area (Å²) in [5, 5.41) is 11.2. The van der Waals surface area contributed by atoms with Gasteiger partial charge in [0, 0.05) is 6.54 Å². The molecule has 1 amide bonds. The monoisotopic (exact) mass is 272 g/mol. The molecule has 0 bridgehead atoms. The van der Waals surface area contributed by atoms with Gasteiger partial charge in [0.2, 0.25) is 0 Å². The highest BCUT2D eigenvalue weighted by Crippen LogP contribution is 2.10. The van der Waals surface area contributed by atoms with Gasteiger partial charge in [-0.1, -0.05) is 12.1 Å². The van der Waals surface area contributed by atoms with Crippen LogP contribution in [-0.4, -0.2) is 5.91 Å². The van der Waals surface area contributed by atoms with Crippen molar-refractivity contribution >= 4 is 5.91 Å². The molecule has 2 rings (SSSR count). The number of hydrogen-bond acceptors (Lipinski definition) is 2. The quantitative estimate of drug-likeness (QED) is 0.934. The van der Waals surface area contributed by atoms with Crippen LogP contribution in [0.25, 0.3) is 0 Å². The molecule has 0 aliphatic heterocycles. The molecule has 0 saturated carbocycles. The molecule has 100 valence electrons. The zero-order valence-corrected chi connectivity index (χ0v) is 10.4. The lowest BCUT2D eigenvalue weighted by atomic mass is 10.1. The van der Waals surface area contributed by atoms with Crippen molar-refractivity contribution in [2.45, 2.75) is 6.54 Å². The number of carbonyl (C=O) groups excluding carboxylic acids is 1. The Bertz CT molecular complexity index is 675. The number of carbonyl (C=O) groups is 1. The van der Waals surface area contributed by atoms with E-state index >= 15 is 0 Å². The van der Waals surface area contributed by atoms with Crippen LogP contribution in [-0.2, 0) is 6.54 Å². The highest BCUT2D eigenvalue weighted by atomic mass is 19.1. The van der Waals surface area contributed by atoms with Crippen LogP contribution in [0.5, 0.6) is 0 Å². The van der Waals surface area contributed by atoms with Crippen molar-refractivity contribution in [3.63, 3.8) is 0 Å². The first-order valence-corrected chi connectivity index (χ1v) is 5.82. The molecule has 1 N–H and O–H groups in total. The first-order chi connectivity index (χ1) is 9.60. The van der Waals surface area contributed by atoms with E-state index in [2.05, 4.69) is 5.32 Å². The summed E-state index contributed by atoms with van der Waals surface area (Å²) in [6.45, 7) is 0.148. The van der Waals surface area contributed by atoms with Gasteiger partial charge in [0.05, 0.1) is 17.2 Å². The van der Waals surface area contributed by atoms with Gasteiger partial charge >= 0.3 is 0 Å². The lowest BCUT2D eigenvalue weighted by Crippen LogP contribution is -2.24. The van der Waals surface area contributed by atoms with Gasteiger partial charge in [-0.15, -0.1) is 0 Å². The standard InChI is InChI=1S/C15H10F2N2O/c16-12-4-1-10(2-5-12)9-19-15(20)13-7-11(8-18)3-6-14(13)17/h1-7H,9H2,(H,19,20). The van der Waals surface area contributed by atoms with Crippen molar-refractivity contribution in [1.29, 1.82) is 5.26 Å². The van der Waals surface area contributed by atoms with Crippen LogP contribution in [0.3, 0.4) is 0 Å². The predicted octanol–water partition coefficient (Wildman–Crippen LogP) is 2.77. The third-order valence-corrected chi connectivity index (χ3v) is 2.71.